The van der Waals surface area contributed by atoms with E-state index in [0.717, 1.165) is 15.8 Å². The van der Waals surface area contributed by atoms with Crippen molar-refractivity contribution < 1.29 is 28.2 Å². The van der Waals surface area contributed by atoms with Crippen LogP contribution in [0.1, 0.15) is 5.56 Å². The van der Waals surface area contributed by atoms with Gasteiger partial charge in [0.2, 0.25) is 6.10 Å². The predicted octanol–water partition coefficient (Wildman–Crippen LogP) is 2.88. The number of phenolic OH excluding ortho intramolecular Hbond substituents is 1. The van der Waals surface area contributed by atoms with Gasteiger partial charge in [0, 0.05) is 31.6 Å². The van der Waals surface area contributed by atoms with Crippen LogP contribution in [0, 0.1) is 6.92 Å². The quantitative estimate of drug-likeness (QED) is 0.643. The van der Waals surface area contributed by atoms with E-state index < -0.39 is 18.2 Å². The topological polar surface area (TPSA) is 89.8 Å². The molecule has 1 saturated heterocycles. The number of aliphatic hydroxyl groups excluding tert-OH is 1. The lowest BCUT2D eigenvalue weighted by molar-refractivity contribution is -0.210. The van der Waals surface area contributed by atoms with Crippen LogP contribution in [0.5, 0.6) is 5.75 Å². The molecule has 1 aliphatic rings. The maximum atomic E-state index is 12.7. The van der Waals surface area contributed by atoms with Crippen LogP contribution in [-0.2, 0) is 4.79 Å². The fourth-order valence-corrected chi connectivity index (χ4v) is 3.70. The second-order valence-electron chi connectivity index (χ2n) is 7.67. The molecule has 0 aliphatic carbocycles. The Bertz CT molecular complexity index is 1160. The summed E-state index contributed by atoms with van der Waals surface area (Å²) < 4.78 is 38.1. The highest BCUT2D eigenvalue weighted by Gasteiger charge is 2.45. The van der Waals surface area contributed by atoms with E-state index in [9.17, 15) is 28.2 Å². The predicted molar refractivity (Wildman–Crippen MR) is 112 cm³/mol. The van der Waals surface area contributed by atoms with Gasteiger partial charge >= 0.3 is 6.18 Å². The fourth-order valence-electron chi connectivity index (χ4n) is 3.70. The first-order chi connectivity index (χ1) is 15.1. The third-order valence-electron chi connectivity index (χ3n) is 5.41. The highest BCUT2D eigenvalue weighted by molar-refractivity contribution is 5.92. The monoisotopic (exact) mass is 446 g/mol. The molecule has 7 nitrogen and oxygen atoms in total. The van der Waals surface area contributed by atoms with Gasteiger partial charge < -0.3 is 20.0 Å². The van der Waals surface area contributed by atoms with E-state index in [1.165, 1.54) is 6.07 Å². The van der Waals surface area contributed by atoms with Gasteiger partial charge in [-0.05, 0) is 36.8 Å². The second-order valence-corrected chi connectivity index (χ2v) is 7.67. The van der Waals surface area contributed by atoms with Crippen LogP contribution < -0.4 is 4.90 Å². The van der Waals surface area contributed by atoms with Crippen LogP contribution in [-0.4, -0.2) is 69.4 Å². The number of amides is 1. The van der Waals surface area contributed by atoms with Crippen LogP contribution in [0.15, 0.2) is 42.5 Å². The largest absolute Gasteiger partial charge is 0.507 e. The SMILES string of the molecule is Cc1ccc2c(N3CCN(C(=O)C(O)C(F)(F)F)CC3)nc(-c3ccccc3O)nc2c1. The lowest BCUT2D eigenvalue weighted by Gasteiger charge is -2.36. The molecule has 2 heterocycles. The van der Waals surface area contributed by atoms with E-state index in [1.54, 1.807) is 18.2 Å². The number of aryl methyl sites for hydroxylation is 1. The number of carbonyl (C=O) groups is 1. The molecule has 0 spiro atoms. The van der Waals surface area contributed by atoms with Crippen LogP contribution in [0.2, 0.25) is 0 Å². The minimum atomic E-state index is -5.00. The van der Waals surface area contributed by atoms with Gasteiger partial charge in [0.1, 0.15) is 11.6 Å². The number of carbonyl (C=O) groups excluding carboxylic acids is 1. The van der Waals surface area contributed by atoms with Gasteiger partial charge in [0.15, 0.2) is 5.82 Å². The Morgan fingerprint density at radius 3 is 2.41 bits per heavy atom. The summed E-state index contributed by atoms with van der Waals surface area (Å²) in [6.45, 7) is 2.41. The number of halogens is 3. The Labute approximate surface area is 181 Å². The maximum Gasteiger partial charge on any atom is 0.423 e. The van der Waals surface area contributed by atoms with Gasteiger partial charge in [0.25, 0.3) is 5.91 Å². The number of nitrogens with zero attached hydrogens (tertiary/aromatic N) is 4. The van der Waals surface area contributed by atoms with Crippen molar-refractivity contribution in [2.45, 2.75) is 19.2 Å². The number of benzene rings is 2. The Morgan fingerprint density at radius 2 is 1.75 bits per heavy atom. The molecule has 10 heteroatoms. The summed E-state index contributed by atoms with van der Waals surface area (Å²) in [5, 5.41) is 20.3. The Kier molecular flexibility index (Phi) is 5.64. The lowest BCUT2D eigenvalue weighted by Crippen LogP contribution is -2.54. The number of para-hydroxylation sites is 1. The van der Waals surface area contributed by atoms with Crippen LogP contribution in [0.25, 0.3) is 22.3 Å². The molecule has 2 aromatic carbocycles. The van der Waals surface area contributed by atoms with Gasteiger partial charge in [-0.2, -0.15) is 13.2 Å². The number of piperazine rings is 1. The number of anilines is 1. The number of hydrogen-bond donors (Lipinski definition) is 2. The van der Waals surface area contributed by atoms with E-state index in [0.29, 0.717) is 22.7 Å². The first-order valence-electron chi connectivity index (χ1n) is 10.0. The maximum absolute atomic E-state index is 12.7. The molecule has 1 fully saturated rings. The third kappa shape index (κ3) is 4.18. The molecule has 32 heavy (non-hydrogen) atoms. The van der Waals surface area contributed by atoms with Crippen molar-refractivity contribution in [1.29, 1.82) is 0 Å². The van der Waals surface area contributed by atoms with Crippen molar-refractivity contribution in [1.82, 2.24) is 14.9 Å². The average Bonchev–Trinajstić information content (AvgIpc) is 2.77. The molecule has 4 rings (SSSR count). The second kappa shape index (κ2) is 8.27. The van der Waals surface area contributed by atoms with E-state index in [-0.39, 0.29) is 31.9 Å². The van der Waals surface area contributed by atoms with Crippen LogP contribution >= 0.6 is 0 Å². The van der Waals surface area contributed by atoms with E-state index in [1.807, 2.05) is 30.0 Å². The lowest BCUT2D eigenvalue weighted by atomic mass is 10.1. The van der Waals surface area contributed by atoms with Gasteiger partial charge in [-0.1, -0.05) is 18.2 Å². The normalized spacial score (nSPS) is 15.8. The fraction of sp³-hybridized carbons (Fsp3) is 0.318. The Hall–Kier alpha value is -3.40. The van der Waals surface area contributed by atoms with Crippen molar-refractivity contribution in [3.8, 4) is 17.1 Å². The summed E-state index contributed by atoms with van der Waals surface area (Å²) in [6.07, 6.45) is -8.02. The molecular weight excluding hydrogens is 425 g/mol. The summed E-state index contributed by atoms with van der Waals surface area (Å²) >= 11 is 0. The standard InChI is InChI=1S/C22H21F3N4O3/c1-13-6-7-14-16(12-13)26-19(15-4-2-3-5-17(15)30)27-20(14)28-8-10-29(11-9-28)21(32)18(31)22(23,24)25/h2-7,12,18,30-31H,8-11H2,1H3. The van der Waals surface area contributed by atoms with Gasteiger partial charge in [-0.25, -0.2) is 9.97 Å². The number of alkyl halides is 3. The molecular formula is C22H21F3N4O3. The smallest absolute Gasteiger partial charge is 0.423 e. The summed E-state index contributed by atoms with van der Waals surface area (Å²) in [5.41, 5.74) is 2.11. The number of hydrogen-bond acceptors (Lipinski definition) is 6. The molecule has 0 saturated carbocycles. The zero-order chi connectivity index (χ0) is 23.0. The van der Waals surface area contributed by atoms with Crippen LogP contribution in [0.4, 0.5) is 19.0 Å². The minimum absolute atomic E-state index is 0.00918. The molecule has 0 bridgehead atoms. The van der Waals surface area contributed by atoms with Gasteiger partial charge in [0.05, 0.1) is 11.1 Å². The van der Waals surface area contributed by atoms with E-state index in [2.05, 4.69) is 9.97 Å². The highest BCUT2D eigenvalue weighted by atomic mass is 19.4. The highest BCUT2D eigenvalue weighted by Crippen LogP contribution is 2.32. The van der Waals surface area contributed by atoms with E-state index in [4.69, 9.17) is 0 Å². The molecule has 0 radical (unpaired) electrons. The first-order valence-corrected chi connectivity index (χ1v) is 10.0. The minimum Gasteiger partial charge on any atom is -0.507 e. The first kappa shape index (κ1) is 21.8. The van der Waals surface area contributed by atoms with Crippen molar-refractivity contribution in [2.75, 3.05) is 31.1 Å². The summed E-state index contributed by atoms with van der Waals surface area (Å²) in [5.74, 6) is -0.434. The number of aromatic hydroxyl groups is 1. The molecule has 1 amide bonds. The van der Waals surface area contributed by atoms with Crippen molar-refractivity contribution in [3.05, 3.63) is 48.0 Å². The van der Waals surface area contributed by atoms with E-state index >= 15 is 0 Å². The summed E-state index contributed by atoms with van der Waals surface area (Å²) in [7, 11) is 0. The summed E-state index contributed by atoms with van der Waals surface area (Å²) in [6, 6.07) is 12.4. The molecule has 2 N–H and O–H groups in total. The number of aliphatic hydroxyl groups is 1. The molecule has 1 aromatic heterocycles. The Morgan fingerprint density at radius 1 is 1.06 bits per heavy atom. The molecule has 1 aliphatic heterocycles. The van der Waals surface area contributed by atoms with Crippen LogP contribution in [0.3, 0.4) is 0 Å². The summed E-state index contributed by atoms with van der Waals surface area (Å²) in [4.78, 5) is 24.1. The number of fused-ring (bicyclic) bond motifs is 1. The van der Waals surface area contributed by atoms with Crippen molar-refractivity contribution >= 4 is 22.6 Å². The van der Waals surface area contributed by atoms with Gasteiger partial charge in [-0.3, -0.25) is 4.79 Å². The molecule has 1 atom stereocenters. The third-order valence-corrected chi connectivity index (χ3v) is 5.41. The number of rotatable bonds is 3. The average molecular weight is 446 g/mol. The zero-order valence-electron chi connectivity index (χ0n) is 17.2. The van der Waals surface area contributed by atoms with Crippen molar-refractivity contribution in [2.24, 2.45) is 0 Å². The van der Waals surface area contributed by atoms with Gasteiger partial charge in [-0.15, -0.1) is 0 Å². The Balaban J connectivity index is 1.66. The molecule has 3 aromatic rings. The number of aromatic nitrogens is 2. The van der Waals surface area contributed by atoms with Crippen molar-refractivity contribution in [3.63, 3.8) is 0 Å². The number of phenols is 1. The molecule has 168 valence electrons. The zero-order valence-corrected chi connectivity index (χ0v) is 17.2. The molecule has 1 unspecified atom stereocenters.